The first-order chi connectivity index (χ1) is 22.7. The van der Waals surface area contributed by atoms with E-state index in [1.807, 2.05) is 56.3 Å². The number of nitrogens with one attached hydrogen (secondary N) is 1. The highest BCUT2D eigenvalue weighted by atomic mass is 16.5. The van der Waals surface area contributed by atoms with Gasteiger partial charge in [0, 0.05) is 37.8 Å². The Bertz CT molecular complexity index is 1420. The minimum absolute atomic E-state index is 0.0359. The molecule has 0 fully saturated rings. The molecular weight excluding hydrogens is 594 g/mol. The molecule has 0 saturated carbocycles. The van der Waals surface area contributed by atoms with Crippen molar-refractivity contribution >= 4 is 17.5 Å². The van der Waals surface area contributed by atoms with Crippen LogP contribution < -0.4 is 14.8 Å². The molecule has 3 aromatic carbocycles. The second-order valence-electron chi connectivity index (χ2n) is 12.8. The zero-order chi connectivity index (χ0) is 33.8. The number of methoxy groups -OCH3 is 1. The van der Waals surface area contributed by atoms with Gasteiger partial charge in [-0.1, -0.05) is 49.4 Å². The maximum Gasteiger partial charge on any atom is 0.258 e. The van der Waals surface area contributed by atoms with Crippen LogP contribution in [-0.4, -0.2) is 85.4 Å². The highest BCUT2D eigenvalue weighted by Crippen LogP contribution is 2.29. The van der Waals surface area contributed by atoms with Gasteiger partial charge in [-0.05, 0) is 81.6 Å². The lowest BCUT2D eigenvalue weighted by Gasteiger charge is -2.36. The Labute approximate surface area is 279 Å². The minimum Gasteiger partial charge on any atom is -0.497 e. The van der Waals surface area contributed by atoms with Gasteiger partial charge in [0.1, 0.15) is 11.5 Å². The van der Waals surface area contributed by atoms with Crippen LogP contribution in [0.2, 0.25) is 0 Å². The van der Waals surface area contributed by atoms with Crippen molar-refractivity contribution in [2.24, 2.45) is 5.92 Å². The summed E-state index contributed by atoms with van der Waals surface area (Å²) in [5.41, 5.74) is 2.94. The molecule has 0 unspecified atom stereocenters. The van der Waals surface area contributed by atoms with Gasteiger partial charge < -0.3 is 29.5 Å². The van der Waals surface area contributed by atoms with Crippen molar-refractivity contribution in [2.75, 3.05) is 45.8 Å². The second kappa shape index (κ2) is 17.8. The summed E-state index contributed by atoms with van der Waals surface area (Å²) in [4.78, 5) is 31.2. The lowest BCUT2D eigenvalue weighted by molar-refractivity contribution is -0.115. The lowest BCUT2D eigenvalue weighted by Crippen LogP contribution is -2.47. The van der Waals surface area contributed by atoms with E-state index >= 15 is 0 Å². The molecule has 1 aliphatic rings. The number of likely N-dealkylation sites (N-methyl/N-ethyl adjacent to an activating group) is 1. The Kier molecular flexibility index (Phi) is 13.6. The second-order valence-corrected chi connectivity index (χ2v) is 12.8. The Hall–Kier alpha value is -3.92. The van der Waals surface area contributed by atoms with Gasteiger partial charge >= 0.3 is 0 Å². The van der Waals surface area contributed by atoms with E-state index in [0.717, 1.165) is 37.1 Å². The van der Waals surface area contributed by atoms with Crippen LogP contribution >= 0.6 is 0 Å². The summed E-state index contributed by atoms with van der Waals surface area (Å²) in [6.45, 7) is 8.16. The number of amides is 2. The van der Waals surface area contributed by atoms with Crippen LogP contribution in [-0.2, 0) is 22.5 Å². The van der Waals surface area contributed by atoms with E-state index < -0.39 is 6.04 Å². The number of anilines is 1. The Morgan fingerprint density at radius 1 is 1.06 bits per heavy atom. The van der Waals surface area contributed by atoms with E-state index in [2.05, 4.69) is 36.3 Å². The Morgan fingerprint density at radius 3 is 2.51 bits per heavy atom. The standard InChI is InChI=1S/C38H51N3O6/c1-27-23-41(28(2)26-42)38(44)34-22-32(39-37(43)21-30-12-7-6-8-13-30)16-19-35(34)47-29(3)11-9-10-20-46-36(27)25-40(4)24-31-14-17-33(45-5)18-15-31/h6-8,12-19,22,27-29,36,42H,9-11,20-21,23-26H2,1-5H3,(H,39,43)/t27-,28-,29-,36-/m1/s1. The van der Waals surface area contributed by atoms with Crippen molar-refractivity contribution in [3.63, 3.8) is 0 Å². The summed E-state index contributed by atoms with van der Waals surface area (Å²) in [6, 6.07) is 22.4. The van der Waals surface area contributed by atoms with Gasteiger partial charge in [0.25, 0.3) is 5.91 Å². The van der Waals surface area contributed by atoms with E-state index in [0.29, 0.717) is 36.7 Å². The van der Waals surface area contributed by atoms with Crippen molar-refractivity contribution in [2.45, 2.75) is 71.2 Å². The highest BCUT2D eigenvalue weighted by molar-refractivity contribution is 6.00. The predicted octanol–water partition coefficient (Wildman–Crippen LogP) is 5.80. The molecule has 9 heteroatoms. The third-order valence-corrected chi connectivity index (χ3v) is 8.65. The average Bonchev–Trinajstić information content (AvgIpc) is 3.06. The zero-order valence-electron chi connectivity index (χ0n) is 28.5. The van der Waals surface area contributed by atoms with Crippen LogP contribution in [0.5, 0.6) is 11.5 Å². The van der Waals surface area contributed by atoms with Gasteiger partial charge in [-0.2, -0.15) is 0 Å². The Morgan fingerprint density at radius 2 is 1.81 bits per heavy atom. The van der Waals surface area contributed by atoms with Crippen LogP contribution in [0.4, 0.5) is 5.69 Å². The fourth-order valence-electron chi connectivity index (χ4n) is 5.86. The van der Waals surface area contributed by atoms with Crippen molar-refractivity contribution in [1.82, 2.24) is 9.80 Å². The van der Waals surface area contributed by atoms with Crippen molar-refractivity contribution in [1.29, 1.82) is 0 Å². The number of carbonyl (C=O) groups excluding carboxylic acids is 2. The van der Waals surface area contributed by atoms with Gasteiger partial charge in [-0.15, -0.1) is 0 Å². The fourth-order valence-corrected chi connectivity index (χ4v) is 5.86. The van der Waals surface area contributed by atoms with E-state index in [1.165, 1.54) is 5.56 Å². The third-order valence-electron chi connectivity index (χ3n) is 8.65. The van der Waals surface area contributed by atoms with Crippen LogP contribution in [0.15, 0.2) is 72.8 Å². The zero-order valence-corrected chi connectivity index (χ0v) is 28.5. The topological polar surface area (TPSA) is 101 Å². The molecule has 0 spiro atoms. The summed E-state index contributed by atoms with van der Waals surface area (Å²) in [5.74, 6) is 0.820. The molecule has 0 aliphatic carbocycles. The molecule has 47 heavy (non-hydrogen) atoms. The summed E-state index contributed by atoms with van der Waals surface area (Å²) >= 11 is 0. The Balaban J connectivity index is 1.57. The van der Waals surface area contributed by atoms with Gasteiger partial charge in [0.2, 0.25) is 5.91 Å². The van der Waals surface area contributed by atoms with Crippen LogP contribution in [0.3, 0.4) is 0 Å². The monoisotopic (exact) mass is 645 g/mol. The normalized spacial score (nSPS) is 20.1. The predicted molar refractivity (Wildman–Crippen MR) is 185 cm³/mol. The molecule has 4 rings (SSSR count). The van der Waals surface area contributed by atoms with Gasteiger partial charge in [0.05, 0.1) is 44.0 Å². The summed E-state index contributed by atoms with van der Waals surface area (Å²) in [7, 11) is 3.74. The van der Waals surface area contributed by atoms with E-state index in [4.69, 9.17) is 14.2 Å². The third kappa shape index (κ3) is 10.8. The van der Waals surface area contributed by atoms with Crippen LogP contribution in [0.25, 0.3) is 0 Å². The molecular formula is C38H51N3O6. The highest BCUT2D eigenvalue weighted by Gasteiger charge is 2.30. The SMILES string of the molecule is COc1ccc(CN(C)C[C@H]2OCCCC[C@@H](C)Oc3ccc(NC(=O)Cc4ccccc4)cc3C(=O)N([C@H](C)CO)C[C@H]2C)cc1. The maximum atomic E-state index is 14.4. The average molecular weight is 646 g/mol. The number of rotatable bonds is 10. The summed E-state index contributed by atoms with van der Waals surface area (Å²) in [6.07, 6.45) is 2.58. The number of nitrogens with zero attached hydrogens (tertiary/aromatic N) is 2. The molecule has 3 aromatic rings. The maximum absolute atomic E-state index is 14.4. The number of ether oxygens (including phenoxy) is 3. The number of hydrogen-bond acceptors (Lipinski definition) is 7. The molecule has 1 aliphatic heterocycles. The van der Waals surface area contributed by atoms with Crippen molar-refractivity contribution in [3.8, 4) is 11.5 Å². The van der Waals surface area contributed by atoms with Crippen molar-refractivity contribution in [3.05, 3.63) is 89.5 Å². The lowest BCUT2D eigenvalue weighted by atomic mass is 10.0. The smallest absolute Gasteiger partial charge is 0.258 e. The van der Waals surface area contributed by atoms with Crippen molar-refractivity contribution < 1.29 is 28.9 Å². The van der Waals surface area contributed by atoms with E-state index in [9.17, 15) is 14.7 Å². The number of carbonyl (C=O) groups is 2. The molecule has 2 N–H and O–H groups in total. The molecule has 0 saturated heterocycles. The molecule has 254 valence electrons. The van der Waals surface area contributed by atoms with Crippen LogP contribution in [0.1, 0.15) is 61.5 Å². The first-order valence-electron chi connectivity index (χ1n) is 16.7. The molecule has 0 aromatic heterocycles. The largest absolute Gasteiger partial charge is 0.497 e. The minimum atomic E-state index is -0.447. The van der Waals surface area contributed by atoms with Gasteiger partial charge in [-0.3, -0.25) is 14.5 Å². The van der Waals surface area contributed by atoms with E-state index in [-0.39, 0.29) is 43.0 Å². The van der Waals surface area contributed by atoms with E-state index in [1.54, 1.807) is 30.2 Å². The number of benzene rings is 3. The van der Waals surface area contributed by atoms with Gasteiger partial charge in [0.15, 0.2) is 0 Å². The molecule has 9 nitrogen and oxygen atoms in total. The number of aliphatic hydroxyl groups is 1. The van der Waals surface area contributed by atoms with Crippen LogP contribution in [0, 0.1) is 5.92 Å². The molecule has 0 radical (unpaired) electrons. The fraction of sp³-hybridized carbons (Fsp3) is 0.474. The quantitative estimate of drug-likeness (QED) is 0.287. The molecule has 2 amide bonds. The molecule has 4 atom stereocenters. The molecule has 1 heterocycles. The number of hydrogen-bond donors (Lipinski definition) is 2. The van der Waals surface area contributed by atoms with Gasteiger partial charge in [-0.25, -0.2) is 0 Å². The first-order valence-corrected chi connectivity index (χ1v) is 16.7. The number of aliphatic hydroxyl groups excluding tert-OH is 1. The first kappa shape index (κ1) is 35.9. The summed E-state index contributed by atoms with van der Waals surface area (Å²) < 4.78 is 18.1. The number of fused-ring (bicyclic) bond motifs is 1. The molecule has 0 bridgehead atoms. The summed E-state index contributed by atoms with van der Waals surface area (Å²) in [5, 5.41) is 13.2.